The standard InChI is InChI=1S/C12H24O3/c1-4-5-6-7-8-9-10-15-11(2)12(13)14-3/h11H,4-10H2,1-3H3/t11-/m0/s1. The molecule has 0 aromatic carbocycles. The van der Waals surface area contributed by atoms with Crippen molar-refractivity contribution in [3.8, 4) is 0 Å². The molecular weight excluding hydrogens is 192 g/mol. The molecule has 0 aromatic heterocycles. The maximum absolute atomic E-state index is 11.0. The summed E-state index contributed by atoms with van der Waals surface area (Å²) >= 11 is 0. The molecule has 0 heterocycles. The van der Waals surface area contributed by atoms with Gasteiger partial charge in [-0.1, -0.05) is 39.0 Å². The molecule has 3 heteroatoms. The highest BCUT2D eigenvalue weighted by molar-refractivity contribution is 5.73. The van der Waals surface area contributed by atoms with E-state index in [4.69, 9.17) is 4.74 Å². The monoisotopic (exact) mass is 216 g/mol. The minimum absolute atomic E-state index is 0.291. The Labute approximate surface area is 93.1 Å². The van der Waals surface area contributed by atoms with Crippen LogP contribution in [-0.2, 0) is 14.3 Å². The maximum Gasteiger partial charge on any atom is 0.334 e. The lowest BCUT2D eigenvalue weighted by Crippen LogP contribution is -2.22. The first-order valence-corrected chi connectivity index (χ1v) is 5.91. The molecule has 3 nitrogen and oxygen atoms in total. The van der Waals surface area contributed by atoms with Crippen LogP contribution in [0, 0.1) is 0 Å². The minimum Gasteiger partial charge on any atom is -0.467 e. The van der Waals surface area contributed by atoms with Crippen LogP contribution in [0.4, 0.5) is 0 Å². The van der Waals surface area contributed by atoms with Crippen molar-refractivity contribution in [2.45, 2.75) is 58.5 Å². The van der Waals surface area contributed by atoms with Gasteiger partial charge in [0.05, 0.1) is 7.11 Å². The fourth-order valence-electron chi connectivity index (χ4n) is 1.38. The molecule has 15 heavy (non-hydrogen) atoms. The van der Waals surface area contributed by atoms with Crippen LogP contribution >= 0.6 is 0 Å². The number of carbonyl (C=O) groups excluding carboxylic acids is 1. The van der Waals surface area contributed by atoms with Crippen molar-refractivity contribution in [2.24, 2.45) is 0 Å². The number of methoxy groups -OCH3 is 1. The SMILES string of the molecule is CCCCCCCCO[C@@H](C)C(=O)OC. The Bertz CT molecular complexity index is 157. The second-order valence-corrected chi connectivity index (χ2v) is 3.80. The molecular formula is C12H24O3. The van der Waals surface area contributed by atoms with Gasteiger partial charge in [-0.25, -0.2) is 4.79 Å². The van der Waals surface area contributed by atoms with E-state index in [2.05, 4.69) is 11.7 Å². The van der Waals surface area contributed by atoms with E-state index in [1.807, 2.05) is 0 Å². The molecule has 1 atom stereocenters. The smallest absolute Gasteiger partial charge is 0.334 e. The van der Waals surface area contributed by atoms with Crippen molar-refractivity contribution in [1.29, 1.82) is 0 Å². The first-order valence-electron chi connectivity index (χ1n) is 5.91. The average molecular weight is 216 g/mol. The lowest BCUT2D eigenvalue weighted by Gasteiger charge is -2.10. The van der Waals surface area contributed by atoms with Crippen molar-refractivity contribution < 1.29 is 14.3 Å². The number of rotatable bonds is 9. The van der Waals surface area contributed by atoms with Crippen molar-refractivity contribution in [3.05, 3.63) is 0 Å². The van der Waals surface area contributed by atoms with Gasteiger partial charge >= 0.3 is 5.97 Å². The third-order valence-electron chi connectivity index (χ3n) is 2.40. The van der Waals surface area contributed by atoms with Crippen molar-refractivity contribution in [2.75, 3.05) is 13.7 Å². The Kier molecular flexibility index (Phi) is 9.59. The Morgan fingerprint density at radius 3 is 2.33 bits per heavy atom. The highest BCUT2D eigenvalue weighted by atomic mass is 16.6. The number of carbonyl (C=O) groups is 1. The van der Waals surface area contributed by atoms with Crippen LogP contribution in [0.25, 0.3) is 0 Å². The summed E-state index contributed by atoms with van der Waals surface area (Å²) in [5.74, 6) is -0.291. The highest BCUT2D eigenvalue weighted by Crippen LogP contribution is 2.05. The van der Waals surface area contributed by atoms with Crippen LogP contribution in [0.2, 0.25) is 0 Å². The van der Waals surface area contributed by atoms with E-state index >= 15 is 0 Å². The molecule has 0 rings (SSSR count). The van der Waals surface area contributed by atoms with E-state index in [1.165, 1.54) is 39.2 Å². The summed E-state index contributed by atoms with van der Waals surface area (Å²) in [6, 6.07) is 0. The Morgan fingerprint density at radius 2 is 1.73 bits per heavy atom. The van der Waals surface area contributed by atoms with E-state index in [0.29, 0.717) is 6.61 Å². The number of unbranched alkanes of at least 4 members (excludes halogenated alkanes) is 5. The van der Waals surface area contributed by atoms with E-state index in [9.17, 15) is 4.79 Å². The van der Waals surface area contributed by atoms with Gasteiger partial charge in [-0.2, -0.15) is 0 Å². The van der Waals surface area contributed by atoms with Gasteiger partial charge in [0, 0.05) is 6.61 Å². The Hall–Kier alpha value is -0.570. The normalized spacial score (nSPS) is 12.5. The van der Waals surface area contributed by atoms with E-state index in [0.717, 1.165) is 6.42 Å². The van der Waals surface area contributed by atoms with Crippen molar-refractivity contribution in [1.82, 2.24) is 0 Å². The van der Waals surface area contributed by atoms with Crippen LogP contribution in [0.1, 0.15) is 52.4 Å². The summed E-state index contributed by atoms with van der Waals surface area (Å²) in [5, 5.41) is 0. The molecule has 0 radical (unpaired) electrons. The summed E-state index contributed by atoms with van der Waals surface area (Å²) in [7, 11) is 1.38. The summed E-state index contributed by atoms with van der Waals surface area (Å²) in [4.78, 5) is 11.0. The van der Waals surface area contributed by atoms with E-state index in [1.54, 1.807) is 6.92 Å². The molecule has 0 spiro atoms. The molecule has 0 N–H and O–H groups in total. The van der Waals surface area contributed by atoms with Crippen molar-refractivity contribution >= 4 is 5.97 Å². The molecule has 0 unspecified atom stereocenters. The summed E-state index contributed by atoms with van der Waals surface area (Å²) in [6.45, 7) is 4.59. The van der Waals surface area contributed by atoms with Crippen LogP contribution < -0.4 is 0 Å². The van der Waals surface area contributed by atoms with Gasteiger partial charge in [0.1, 0.15) is 0 Å². The summed E-state index contributed by atoms with van der Waals surface area (Å²) in [5.41, 5.74) is 0. The van der Waals surface area contributed by atoms with Gasteiger partial charge < -0.3 is 9.47 Å². The lowest BCUT2D eigenvalue weighted by molar-refractivity contribution is -0.152. The largest absolute Gasteiger partial charge is 0.467 e. The third-order valence-corrected chi connectivity index (χ3v) is 2.40. The predicted molar refractivity (Wildman–Crippen MR) is 60.8 cm³/mol. The first-order chi connectivity index (χ1) is 7.22. The Balaban J connectivity index is 3.20. The second kappa shape index (κ2) is 9.97. The molecule has 0 aliphatic heterocycles. The number of esters is 1. The second-order valence-electron chi connectivity index (χ2n) is 3.80. The fourth-order valence-corrected chi connectivity index (χ4v) is 1.38. The maximum atomic E-state index is 11.0. The number of hydrogen-bond acceptors (Lipinski definition) is 3. The quantitative estimate of drug-likeness (QED) is 0.439. The van der Waals surface area contributed by atoms with Crippen LogP contribution in [-0.4, -0.2) is 25.8 Å². The summed E-state index contributed by atoms with van der Waals surface area (Å²) < 4.78 is 9.88. The molecule has 0 fully saturated rings. The van der Waals surface area contributed by atoms with Gasteiger partial charge in [-0.15, -0.1) is 0 Å². The molecule has 90 valence electrons. The third kappa shape index (κ3) is 8.43. The molecule has 0 saturated heterocycles. The van der Waals surface area contributed by atoms with E-state index in [-0.39, 0.29) is 5.97 Å². The van der Waals surface area contributed by atoms with Crippen LogP contribution in [0.3, 0.4) is 0 Å². The number of ether oxygens (including phenoxy) is 2. The highest BCUT2D eigenvalue weighted by Gasteiger charge is 2.12. The number of hydrogen-bond donors (Lipinski definition) is 0. The predicted octanol–water partition coefficient (Wildman–Crippen LogP) is 2.93. The van der Waals surface area contributed by atoms with E-state index < -0.39 is 6.10 Å². The first kappa shape index (κ1) is 14.4. The van der Waals surface area contributed by atoms with Gasteiger partial charge in [0.15, 0.2) is 6.10 Å². The van der Waals surface area contributed by atoms with Gasteiger partial charge in [0.25, 0.3) is 0 Å². The molecule has 0 bridgehead atoms. The van der Waals surface area contributed by atoms with Crippen LogP contribution in [0.5, 0.6) is 0 Å². The van der Waals surface area contributed by atoms with Gasteiger partial charge in [-0.05, 0) is 13.3 Å². The zero-order valence-electron chi connectivity index (χ0n) is 10.3. The van der Waals surface area contributed by atoms with Crippen LogP contribution in [0.15, 0.2) is 0 Å². The van der Waals surface area contributed by atoms with Gasteiger partial charge in [0.2, 0.25) is 0 Å². The minimum atomic E-state index is -0.425. The molecule has 0 amide bonds. The molecule has 0 aliphatic carbocycles. The fraction of sp³-hybridized carbons (Fsp3) is 0.917. The van der Waals surface area contributed by atoms with Crippen molar-refractivity contribution in [3.63, 3.8) is 0 Å². The zero-order valence-corrected chi connectivity index (χ0v) is 10.3. The topological polar surface area (TPSA) is 35.5 Å². The lowest BCUT2D eigenvalue weighted by atomic mass is 10.1. The molecule has 0 aromatic rings. The molecule has 0 aliphatic rings. The molecule has 0 saturated carbocycles. The Morgan fingerprint density at radius 1 is 1.13 bits per heavy atom. The summed E-state index contributed by atoms with van der Waals surface area (Å²) in [6.07, 6.45) is 6.96. The zero-order chi connectivity index (χ0) is 11.5. The average Bonchev–Trinajstić information content (AvgIpc) is 2.26. The van der Waals surface area contributed by atoms with Gasteiger partial charge in [-0.3, -0.25) is 0 Å².